The van der Waals surface area contributed by atoms with Crippen LogP contribution in [0.3, 0.4) is 0 Å². The standard InChI is InChI=1S/C17H25N3O3/c1-11-14(10-21)15(19-12(2)18-11)13-6-8-20(9-7-13)16(22)23-17(3,4)5/h10,13H,6-9H2,1-5H3. The molecular weight excluding hydrogens is 294 g/mol. The summed E-state index contributed by atoms with van der Waals surface area (Å²) < 4.78 is 5.41. The van der Waals surface area contributed by atoms with Gasteiger partial charge in [-0.25, -0.2) is 14.8 Å². The molecule has 0 aromatic carbocycles. The van der Waals surface area contributed by atoms with Crippen LogP contribution in [0, 0.1) is 13.8 Å². The molecule has 126 valence electrons. The fraction of sp³-hybridized carbons (Fsp3) is 0.647. The molecule has 0 atom stereocenters. The van der Waals surface area contributed by atoms with Crippen molar-refractivity contribution in [3.05, 3.63) is 22.8 Å². The van der Waals surface area contributed by atoms with Gasteiger partial charge >= 0.3 is 6.09 Å². The molecule has 1 aromatic rings. The highest BCUT2D eigenvalue weighted by molar-refractivity contribution is 5.78. The van der Waals surface area contributed by atoms with Crippen LogP contribution in [0.1, 0.15) is 67.1 Å². The van der Waals surface area contributed by atoms with Crippen molar-refractivity contribution in [3.8, 4) is 0 Å². The number of aldehydes is 1. The monoisotopic (exact) mass is 319 g/mol. The Morgan fingerprint density at radius 3 is 2.35 bits per heavy atom. The Morgan fingerprint density at radius 1 is 1.22 bits per heavy atom. The molecule has 0 aliphatic carbocycles. The van der Waals surface area contributed by atoms with Crippen molar-refractivity contribution in [1.82, 2.24) is 14.9 Å². The van der Waals surface area contributed by atoms with E-state index in [9.17, 15) is 9.59 Å². The average Bonchev–Trinajstić information content (AvgIpc) is 2.45. The van der Waals surface area contributed by atoms with Crippen LogP contribution in [0.4, 0.5) is 4.79 Å². The molecule has 2 heterocycles. The highest BCUT2D eigenvalue weighted by Crippen LogP contribution is 2.30. The van der Waals surface area contributed by atoms with Gasteiger partial charge in [0, 0.05) is 19.0 Å². The Balaban J connectivity index is 2.08. The summed E-state index contributed by atoms with van der Waals surface area (Å²) in [6.45, 7) is 10.5. The first-order valence-corrected chi connectivity index (χ1v) is 7.99. The predicted octanol–water partition coefficient (Wildman–Crippen LogP) is 3.02. The van der Waals surface area contributed by atoms with Crippen LogP contribution in [0.15, 0.2) is 0 Å². The van der Waals surface area contributed by atoms with Gasteiger partial charge in [0.15, 0.2) is 6.29 Å². The summed E-state index contributed by atoms with van der Waals surface area (Å²) in [5.74, 6) is 0.854. The number of hydrogen-bond acceptors (Lipinski definition) is 5. The van der Waals surface area contributed by atoms with Crippen LogP contribution < -0.4 is 0 Å². The number of aryl methyl sites for hydroxylation is 2. The third-order valence-electron chi connectivity index (χ3n) is 3.93. The Hall–Kier alpha value is -1.98. The van der Waals surface area contributed by atoms with Crippen LogP contribution in [0.25, 0.3) is 0 Å². The molecule has 1 aliphatic heterocycles. The van der Waals surface area contributed by atoms with Crippen molar-refractivity contribution in [3.63, 3.8) is 0 Å². The minimum absolute atomic E-state index is 0.175. The fourth-order valence-corrected chi connectivity index (χ4v) is 2.87. The zero-order valence-corrected chi connectivity index (χ0v) is 14.5. The maximum Gasteiger partial charge on any atom is 0.410 e. The molecule has 0 radical (unpaired) electrons. The topological polar surface area (TPSA) is 72.4 Å². The summed E-state index contributed by atoms with van der Waals surface area (Å²) >= 11 is 0. The van der Waals surface area contributed by atoms with Crippen LogP contribution in [-0.2, 0) is 4.74 Å². The van der Waals surface area contributed by atoms with E-state index in [0.29, 0.717) is 24.5 Å². The van der Waals surface area contributed by atoms with Gasteiger partial charge in [-0.15, -0.1) is 0 Å². The summed E-state index contributed by atoms with van der Waals surface area (Å²) in [6.07, 6.45) is 2.11. The Morgan fingerprint density at radius 2 is 1.83 bits per heavy atom. The Bertz CT molecular complexity index is 600. The molecule has 2 rings (SSSR count). The van der Waals surface area contributed by atoms with Crippen molar-refractivity contribution in [2.24, 2.45) is 0 Å². The zero-order chi connectivity index (χ0) is 17.2. The van der Waals surface area contributed by atoms with Gasteiger partial charge in [-0.3, -0.25) is 4.79 Å². The lowest BCUT2D eigenvalue weighted by Gasteiger charge is -2.33. The molecule has 1 saturated heterocycles. The number of ether oxygens (including phenoxy) is 1. The number of hydrogen-bond donors (Lipinski definition) is 0. The second-order valence-electron chi connectivity index (χ2n) is 7.01. The summed E-state index contributed by atoms with van der Waals surface area (Å²) in [7, 11) is 0. The van der Waals surface area contributed by atoms with Crippen molar-refractivity contribution in [1.29, 1.82) is 0 Å². The molecule has 23 heavy (non-hydrogen) atoms. The lowest BCUT2D eigenvalue weighted by Crippen LogP contribution is -2.41. The largest absolute Gasteiger partial charge is 0.444 e. The first-order chi connectivity index (χ1) is 10.7. The molecule has 0 unspecified atom stereocenters. The van der Waals surface area contributed by atoms with E-state index < -0.39 is 5.60 Å². The summed E-state index contributed by atoms with van der Waals surface area (Å²) in [6, 6.07) is 0. The third kappa shape index (κ3) is 4.27. The molecule has 6 nitrogen and oxygen atoms in total. The van der Waals surface area contributed by atoms with Gasteiger partial charge in [-0.05, 0) is 47.5 Å². The summed E-state index contributed by atoms with van der Waals surface area (Å²) in [5, 5.41) is 0. The van der Waals surface area contributed by atoms with Gasteiger partial charge in [0.05, 0.1) is 17.0 Å². The number of piperidine rings is 1. The highest BCUT2D eigenvalue weighted by Gasteiger charge is 2.29. The van der Waals surface area contributed by atoms with E-state index in [0.717, 1.165) is 30.5 Å². The zero-order valence-electron chi connectivity index (χ0n) is 14.5. The molecule has 0 spiro atoms. The predicted molar refractivity (Wildman–Crippen MR) is 86.7 cm³/mol. The van der Waals surface area contributed by atoms with Crippen molar-refractivity contribution in [2.75, 3.05) is 13.1 Å². The van der Waals surface area contributed by atoms with Gasteiger partial charge < -0.3 is 9.64 Å². The molecule has 6 heteroatoms. The molecule has 0 N–H and O–H groups in total. The summed E-state index contributed by atoms with van der Waals surface area (Å²) in [4.78, 5) is 33.9. The van der Waals surface area contributed by atoms with E-state index in [1.54, 1.807) is 4.90 Å². The van der Waals surface area contributed by atoms with E-state index in [4.69, 9.17) is 4.74 Å². The van der Waals surface area contributed by atoms with E-state index >= 15 is 0 Å². The van der Waals surface area contributed by atoms with E-state index in [1.807, 2.05) is 34.6 Å². The third-order valence-corrected chi connectivity index (χ3v) is 3.93. The van der Waals surface area contributed by atoms with Gasteiger partial charge in [0.25, 0.3) is 0 Å². The van der Waals surface area contributed by atoms with Crippen LogP contribution in [-0.4, -0.2) is 45.9 Å². The molecular formula is C17H25N3O3. The number of rotatable bonds is 2. The van der Waals surface area contributed by atoms with Crippen LogP contribution >= 0.6 is 0 Å². The minimum Gasteiger partial charge on any atom is -0.444 e. The van der Waals surface area contributed by atoms with Crippen LogP contribution in [0.5, 0.6) is 0 Å². The average molecular weight is 319 g/mol. The quantitative estimate of drug-likeness (QED) is 0.784. The smallest absolute Gasteiger partial charge is 0.410 e. The van der Waals surface area contributed by atoms with Crippen molar-refractivity contribution >= 4 is 12.4 Å². The lowest BCUT2D eigenvalue weighted by molar-refractivity contribution is 0.0203. The minimum atomic E-state index is -0.487. The summed E-state index contributed by atoms with van der Waals surface area (Å²) in [5.41, 5.74) is 1.64. The van der Waals surface area contributed by atoms with Crippen molar-refractivity contribution in [2.45, 2.75) is 59.0 Å². The first kappa shape index (κ1) is 17.4. The van der Waals surface area contributed by atoms with Gasteiger partial charge in [-0.2, -0.15) is 0 Å². The molecule has 1 aromatic heterocycles. The maximum atomic E-state index is 12.1. The molecule has 1 amide bonds. The molecule has 1 aliphatic rings. The molecule has 1 fully saturated rings. The number of aromatic nitrogens is 2. The van der Waals surface area contributed by atoms with Crippen LogP contribution in [0.2, 0.25) is 0 Å². The number of carbonyl (C=O) groups is 2. The van der Waals surface area contributed by atoms with E-state index in [-0.39, 0.29) is 12.0 Å². The Labute approximate surface area is 137 Å². The SMILES string of the molecule is Cc1nc(C)c(C=O)c(C2CCN(C(=O)OC(C)(C)C)CC2)n1. The number of carbonyl (C=O) groups excluding carboxylic acids is 2. The lowest BCUT2D eigenvalue weighted by atomic mass is 9.90. The number of nitrogens with zero attached hydrogens (tertiary/aromatic N) is 3. The normalized spacial score (nSPS) is 16.3. The second kappa shape index (κ2) is 6.64. The van der Waals surface area contributed by atoms with Gasteiger partial charge in [-0.1, -0.05) is 0 Å². The molecule has 0 saturated carbocycles. The number of likely N-dealkylation sites (tertiary alicyclic amines) is 1. The van der Waals surface area contributed by atoms with E-state index in [2.05, 4.69) is 9.97 Å². The number of amides is 1. The highest BCUT2D eigenvalue weighted by atomic mass is 16.6. The first-order valence-electron chi connectivity index (χ1n) is 7.99. The fourth-order valence-electron chi connectivity index (χ4n) is 2.87. The second-order valence-corrected chi connectivity index (χ2v) is 7.01. The molecule has 0 bridgehead atoms. The Kier molecular flexibility index (Phi) is 5.02. The maximum absolute atomic E-state index is 12.1. The van der Waals surface area contributed by atoms with Gasteiger partial charge in [0.2, 0.25) is 0 Å². The van der Waals surface area contributed by atoms with E-state index in [1.165, 1.54) is 0 Å². The van der Waals surface area contributed by atoms with Crippen molar-refractivity contribution < 1.29 is 14.3 Å². The van der Waals surface area contributed by atoms with Gasteiger partial charge in [0.1, 0.15) is 11.4 Å².